The molecule has 0 saturated carbocycles. The van der Waals surface area contributed by atoms with E-state index < -0.39 is 0 Å². The number of methoxy groups -OCH3 is 1. The van der Waals surface area contributed by atoms with Crippen LogP contribution in [0.5, 0.6) is 17.2 Å². The minimum atomic E-state index is 0.264. The molecule has 3 rings (SSSR count). The molecule has 5 nitrogen and oxygen atoms in total. The molecule has 1 aromatic rings. The van der Waals surface area contributed by atoms with Gasteiger partial charge >= 0.3 is 0 Å². The maximum atomic E-state index is 5.57. The number of piperazine rings is 1. The third-order valence-electron chi connectivity index (χ3n) is 4.30. The average Bonchev–Trinajstić information content (AvgIpc) is 3.04. The number of ether oxygens (including phenoxy) is 3. The van der Waals surface area contributed by atoms with Crippen LogP contribution in [-0.4, -0.2) is 45.0 Å². The Hall–Kier alpha value is -1.72. The maximum absolute atomic E-state index is 5.57. The van der Waals surface area contributed by atoms with Crippen LogP contribution in [-0.2, 0) is 0 Å². The van der Waals surface area contributed by atoms with Crippen LogP contribution in [0.2, 0.25) is 0 Å². The van der Waals surface area contributed by atoms with E-state index in [0.717, 1.165) is 50.5 Å². The summed E-state index contributed by atoms with van der Waals surface area (Å²) in [7, 11) is 1.67. The summed E-state index contributed by atoms with van der Waals surface area (Å²) >= 11 is 0. The van der Waals surface area contributed by atoms with Crippen molar-refractivity contribution in [3.8, 4) is 17.2 Å². The number of nitrogens with one attached hydrogen (secondary N) is 1. The zero-order valence-corrected chi connectivity index (χ0v) is 13.1. The lowest BCUT2D eigenvalue weighted by molar-refractivity contribution is 0.165. The quantitative estimate of drug-likeness (QED) is 0.817. The number of hydrogen-bond donors (Lipinski definition) is 1. The topological polar surface area (TPSA) is 43.0 Å². The van der Waals surface area contributed by atoms with Crippen molar-refractivity contribution in [3.63, 3.8) is 0 Å². The molecule has 22 heavy (non-hydrogen) atoms. The Bertz CT molecular complexity index is 527. The fourth-order valence-corrected chi connectivity index (χ4v) is 3.17. The van der Waals surface area contributed by atoms with E-state index in [1.165, 1.54) is 5.56 Å². The predicted octanol–water partition coefficient (Wildman–Crippen LogP) is 2.34. The molecule has 2 aliphatic heterocycles. The summed E-state index contributed by atoms with van der Waals surface area (Å²) in [5.41, 5.74) is 1.23. The van der Waals surface area contributed by atoms with Gasteiger partial charge in [0.15, 0.2) is 11.5 Å². The molecule has 0 aromatic heterocycles. The molecule has 1 N–H and O–H groups in total. The second kappa shape index (κ2) is 7.03. The van der Waals surface area contributed by atoms with Gasteiger partial charge in [-0.1, -0.05) is 6.08 Å². The van der Waals surface area contributed by atoms with Crippen molar-refractivity contribution in [2.24, 2.45) is 0 Å². The molecule has 0 unspecified atom stereocenters. The second-order valence-electron chi connectivity index (χ2n) is 5.62. The van der Waals surface area contributed by atoms with Gasteiger partial charge in [0.2, 0.25) is 12.5 Å². The molecular weight excluding hydrogens is 280 g/mol. The largest absolute Gasteiger partial charge is 0.493 e. The van der Waals surface area contributed by atoms with Crippen LogP contribution in [0.1, 0.15) is 24.4 Å². The Morgan fingerprint density at radius 3 is 2.91 bits per heavy atom. The molecule has 0 aliphatic carbocycles. The van der Waals surface area contributed by atoms with E-state index in [1.807, 2.05) is 6.08 Å². The number of fused-ring (bicyclic) bond motifs is 1. The van der Waals surface area contributed by atoms with E-state index in [4.69, 9.17) is 14.2 Å². The van der Waals surface area contributed by atoms with Crippen LogP contribution in [0.3, 0.4) is 0 Å². The van der Waals surface area contributed by atoms with Gasteiger partial charge in [-0.15, -0.1) is 6.58 Å². The van der Waals surface area contributed by atoms with E-state index in [1.54, 1.807) is 7.11 Å². The number of rotatable bonds is 6. The van der Waals surface area contributed by atoms with Crippen molar-refractivity contribution in [3.05, 3.63) is 30.4 Å². The minimum Gasteiger partial charge on any atom is -0.493 e. The van der Waals surface area contributed by atoms with Crippen LogP contribution in [0.25, 0.3) is 0 Å². The summed E-state index contributed by atoms with van der Waals surface area (Å²) in [6, 6.07) is 4.53. The first-order valence-corrected chi connectivity index (χ1v) is 7.86. The summed E-state index contributed by atoms with van der Waals surface area (Å²) in [5.74, 6) is 2.26. The van der Waals surface area contributed by atoms with E-state index in [2.05, 4.69) is 28.9 Å². The molecule has 0 radical (unpaired) electrons. The third-order valence-corrected chi connectivity index (χ3v) is 4.30. The highest BCUT2D eigenvalue weighted by Crippen LogP contribution is 2.44. The van der Waals surface area contributed by atoms with Gasteiger partial charge in [0.1, 0.15) is 0 Å². The normalized spacial score (nSPS) is 19.0. The molecule has 5 heteroatoms. The number of nitrogens with zero attached hydrogens (tertiary/aromatic N) is 1. The van der Waals surface area contributed by atoms with Crippen molar-refractivity contribution in [1.82, 2.24) is 10.2 Å². The van der Waals surface area contributed by atoms with Gasteiger partial charge in [0.05, 0.1) is 7.11 Å². The molecule has 1 fully saturated rings. The van der Waals surface area contributed by atoms with E-state index >= 15 is 0 Å². The van der Waals surface area contributed by atoms with Crippen LogP contribution in [0.4, 0.5) is 0 Å². The minimum absolute atomic E-state index is 0.264. The molecule has 0 amide bonds. The monoisotopic (exact) mass is 304 g/mol. The molecule has 0 spiro atoms. The lowest BCUT2D eigenvalue weighted by Gasteiger charge is -2.35. The molecule has 2 aliphatic rings. The Balaban J connectivity index is 1.90. The molecule has 2 heterocycles. The number of allylic oxidation sites excluding steroid dienone is 1. The first-order valence-electron chi connectivity index (χ1n) is 7.86. The van der Waals surface area contributed by atoms with Crippen molar-refractivity contribution >= 4 is 0 Å². The smallest absolute Gasteiger partial charge is 0.231 e. The molecule has 0 bridgehead atoms. The standard InChI is InChI=1S/C17H24N2O3/c1-3-4-5-14(19-8-6-18-7-9-19)13-10-15(20-2)17-16(11-13)21-12-22-17/h3,10-11,14,18H,1,4-9,12H2,2H3/t14-/m0/s1. The highest BCUT2D eigenvalue weighted by atomic mass is 16.7. The van der Waals surface area contributed by atoms with E-state index in [0.29, 0.717) is 11.8 Å². The summed E-state index contributed by atoms with van der Waals surface area (Å²) in [6.07, 6.45) is 4.02. The van der Waals surface area contributed by atoms with Crippen LogP contribution in [0, 0.1) is 0 Å². The number of hydrogen-bond acceptors (Lipinski definition) is 5. The van der Waals surface area contributed by atoms with Gasteiger partial charge in [-0.3, -0.25) is 4.90 Å². The van der Waals surface area contributed by atoms with Gasteiger partial charge < -0.3 is 19.5 Å². The van der Waals surface area contributed by atoms with Crippen LogP contribution >= 0.6 is 0 Å². The van der Waals surface area contributed by atoms with Crippen LogP contribution in [0.15, 0.2) is 24.8 Å². The molecule has 1 atom stereocenters. The summed E-state index contributed by atoms with van der Waals surface area (Å²) < 4.78 is 16.5. The highest BCUT2D eigenvalue weighted by molar-refractivity contribution is 5.55. The Morgan fingerprint density at radius 2 is 2.18 bits per heavy atom. The average molecular weight is 304 g/mol. The van der Waals surface area contributed by atoms with Crippen molar-refractivity contribution < 1.29 is 14.2 Å². The van der Waals surface area contributed by atoms with Crippen LogP contribution < -0.4 is 19.5 Å². The SMILES string of the molecule is C=CCC[C@@H](c1cc(OC)c2c(c1)OCO2)N1CCNCC1. The van der Waals surface area contributed by atoms with Gasteiger partial charge in [-0.25, -0.2) is 0 Å². The lowest BCUT2D eigenvalue weighted by atomic mass is 9.98. The lowest BCUT2D eigenvalue weighted by Crippen LogP contribution is -2.45. The van der Waals surface area contributed by atoms with E-state index in [-0.39, 0.29) is 6.79 Å². The van der Waals surface area contributed by atoms with Crippen molar-refractivity contribution in [2.75, 3.05) is 40.1 Å². The molecule has 1 saturated heterocycles. The zero-order chi connectivity index (χ0) is 15.4. The summed E-state index contributed by atoms with van der Waals surface area (Å²) in [4.78, 5) is 2.52. The molecular formula is C17H24N2O3. The van der Waals surface area contributed by atoms with Gasteiger partial charge in [-0.2, -0.15) is 0 Å². The Labute approximate surface area is 131 Å². The van der Waals surface area contributed by atoms with E-state index in [9.17, 15) is 0 Å². The molecule has 1 aromatic carbocycles. The summed E-state index contributed by atoms with van der Waals surface area (Å²) in [5, 5.41) is 3.41. The third kappa shape index (κ3) is 3.05. The molecule has 120 valence electrons. The highest BCUT2D eigenvalue weighted by Gasteiger charge is 2.26. The first kappa shape index (κ1) is 15.2. The zero-order valence-electron chi connectivity index (χ0n) is 13.1. The van der Waals surface area contributed by atoms with Gasteiger partial charge in [0.25, 0.3) is 0 Å². The van der Waals surface area contributed by atoms with Crippen molar-refractivity contribution in [2.45, 2.75) is 18.9 Å². The summed E-state index contributed by atoms with van der Waals surface area (Å²) in [6.45, 7) is 8.30. The maximum Gasteiger partial charge on any atom is 0.231 e. The van der Waals surface area contributed by atoms with Gasteiger partial charge in [0, 0.05) is 32.2 Å². The fourth-order valence-electron chi connectivity index (χ4n) is 3.17. The second-order valence-corrected chi connectivity index (χ2v) is 5.62. The van der Waals surface area contributed by atoms with Gasteiger partial charge in [-0.05, 0) is 30.5 Å². The fraction of sp³-hybridized carbons (Fsp3) is 0.529. The Kier molecular flexibility index (Phi) is 4.85. The number of benzene rings is 1. The first-order chi connectivity index (χ1) is 10.8. The van der Waals surface area contributed by atoms with Crippen molar-refractivity contribution in [1.29, 1.82) is 0 Å². The predicted molar refractivity (Wildman–Crippen MR) is 85.7 cm³/mol. The Morgan fingerprint density at radius 1 is 1.36 bits per heavy atom.